The van der Waals surface area contributed by atoms with E-state index in [-0.39, 0.29) is 11.6 Å². The monoisotopic (exact) mass is 476 g/mol. The van der Waals surface area contributed by atoms with Crippen LogP contribution in [0.25, 0.3) is 0 Å². The van der Waals surface area contributed by atoms with Crippen LogP contribution in [0.5, 0.6) is 0 Å². The summed E-state index contributed by atoms with van der Waals surface area (Å²) in [5.41, 5.74) is 3.37. The third-order valence-corrected chi connectivity index (χ3v) is 6.45. The fourth-order valence-corrected chi connectivity index (χ4v) is 4.66. The van der Waals surface area contributed by atoms with Gasteiger partial charge in [-0.25, -0.2) is 0 Å². The molecule has 4 rings (SSSR count). The summed E-state index contributed by atoms with van der Waals surface area (Å²) in [6.45, 7) is 1.09. The SMILES string of the molecule is CN(Cc1ccccc1)[C@@H](C(=O)c1ccccc1)[C@H](C(=O)c1ccccc1)N(C)Cc1ccccc1. The van der Waals surface area contributed by atoms with Crippen LogP contribution in [0.1, 0.15) is 31.8 Å². The number of hydrogen-bond donors (Lipinski definition) is 0. The first-order valence-electron chi connectivity index (χ1n) is 12.2. The van der Waals surface area contributed by atoms with Crippen molar-refractivity contribution in [3.05, 3.63) is 144 Å². The second-order valence-corrected chi connectivity index (χ2v) is 9.15. The second-order valence-electron chi connectivity index (χ2n) is 9.15. The third kappa shape index (κ3) is 6.22. The molecule has 0 heterocycles. The fourth-order valence-electron chi connectivity index (χ4n) is 4.66. The molecule has 0 bridgehead atoms. The van der Waals surface area contributed by atoms with Crippen molar-refractivity contribution in [2.45, 2.75) is 25.2 Å². The van der Waals surface area contributed by atoms with Crippen LogP contribution >= 0.6 is 0 Å². The molecule has 0 aliphatic heterocycles. The molecule has 182 valence electrons. The molecule has 4 nitrogen and oxygen atoms in total. The highest BCUT2D eigenvalue weighted by Crippen LogP contribution is 2.23. The van der Waals surface area contributed by atoms with Crippen LogP contribution in [0.15, 0.2) is 121 Å². The molecule has 36 heavy (non-hydrogen) atoms. The highest BCUT2D eigenvalue weighted by molar-refractivity contribution is 6.08. The van der Waals surface area contributed by atoms with Crippen molar-refractivity contribution in [1.29, 1.82) is 0 Å². The van der Waals surface area contributed by atoms with Gasteiger partial charge < -0.3 is 0 Å². The van der Waals surface area contributed by atoms with Crippen molar-refractivity contribution in [3.63, 3.8) is 0 Å². The van der Waals surface area contributed by atoms with E-state index in [2.05, 4.69) is 0 Å². The van der Waals surface area contributed by atoms with Gasteiger partial charge in [-0.2, -0.15) is 0 Å². The first-order chi connectivity index (χ1) is 17.5. The van der Waals surface area contributed by atoms with Crippen LogP contribution in [-0.2, 0) is 13.1 Å². The minimum atomic E-state index is -0.686. The Morgan fingerprint density at radius 1 is 0.500 bits per heavy atom. The van der Waals surface area contributed by atoms with Gasteiger partial charge in [-0.1, -0.05) is 121 Å². The Morgan fingerprint density at radius 2 is 0.778 bits per heavy atom. The van der Waals surface area contributed by atoms with E-state index in [9.17, 15) is 9.59 Å². The number of nitrogens with zero attached hydrogens (tertiary/aromatic N) is 2. The maximum absolute atomic E-state index is 14.1. The molecule has 0 amide bonds. The molecule has 0 fully saturated rings. The molecular weight excluding hydrogens is 444 g/mol. The van der Waals surface area contributed by atoms with Crippen LogP contribution < -0.4 is 0 Å². The van der Waals surface area contributed by atoms with Gasteiger partial charge >= 0.3 is 0 Å². The van der Waals surface area contributed by atoms with Crippen molar-refractivity contribution in [1.82, 2.24) is 9.80 Å². The summed E-state index contributed by atoms with van der Waals surface area (Å²) in [4.78, 5) is 32.2. The van der Waals surface area contributed by atoms with Crippen molar-refractivity contribution < 1.29 is 9.59 Å². The molecule has 2 atom stereocenters. The van der Waals surface area contributed by atoms with E-state index in [1.807, 2.05) is 145 Å². The first kappa shape index (κ1) is 25.2. The van der Waals surface area contributed by atoms with Crippen molar-refractivity contribution in [2.24, 2.45) is 0 Å². The topological polar surface area (TPSA) is 40.6 Å². The highest BCUT2D eigenvalue weighted by Gasteiger charge is 2.40. The van der Waals surface area contributed by atoms with Gasteiger partial charge in [0, 0.05) is 24.2 Å². The molecule has 4 aromatic carbocycles. The molecule has 0 saturated carbocycles. The Balaban J connectivity index is 1.77. The summed E-state index contributed by atoms with van der Waals surface area (Å²) >= 11 is 0. The van der Waals surface area contributed by atoms with E-state index in [0.29, 0.717) is 24.2 Å². The number of carbonyl (C=O) groups excluding carboxylic acids is 2. The zero-order chi connectivity index (χ0) is 25.3. The molecule has 4 aromatic rings. The minimum Gasteiger partial charge on any atom is -0.292 e. The summed E-state index contributed by atoms with van der Waals surface area (Å²) in [7, 11) is 3.86. The van der Waals surface area contributed by atoms with Gasteiger partial charge in [-0.15, -0.1) is 0 Å². The van der Waals surface area contributed by atoms with Crippen molar-refractivity contribution in [2.75, 3.05) is 14.1 Å². The van der Waals surface area contributed by atoms with E-state index in [1.54, 1.807) is 0 Å². The number of carbonyl (C=O) groups is 2. The number of rotatable bonds is 11. The Morgan fingerprint density at radius 3 is 1.08 bits per heavy atom. The average Bonchev–Trinajstić information content (AvgIpc) is 2.93. The summed E-state index contributed by atoms with van der Waals surface area (Å²) in [5.74, 6) is -0.133. The number of likely N-dealkylation sites (N-methyl/N-ethyl adjacent to an activating group) is 2. The van der Waals surface area contributed by atoms with Crippen molar-refractivity contribution in [3.8, 4) is 0 Å². The maximum atomic E-state index is 14.1. The lowest BCUT2D eigenvalue weighted by atomic mass is 9.89. The summed E-state index contributed by atoms with van der Waals surface area (Å²) in [6, 6.07) is 37.3. The minimum absolute atomic E-state index is 0.0665. The molecule has 0 aromatic heterocycles. The fraction of sp³-hybridized carbons (Fsp3) is 0.188. The zero-order valence-corrected chi connectivity index (χ0v) is 20.8. The van der Waals surface area contributed by atoms with E-state index >= 15 is 0 Å². The lowest BCUT2D eigenvalue weighted by Gasteiger charge is -2.38. The van der Waals surface area contributed by atoms with E-state index in [1.165, 1.54) is 0 Å². The van der Waals surface area contributed by atoms with Crippen LogP contribution in [0.4, 0.5) is 0 Å². The van der Waals surface area contributed by atoms with Gasteiger partial charge in [0.05, 0.1) is 12.1 Å². The predicted octanol–water partition coefficient (Wildman–Crippen LogP) is 5.75. The summed E-state index contributed by atoms with van der Waals surface area (Å²) in [5, 5.41) is 0. The molecule has 0 unspecified atom stereocenters. The lowest BCUT2D eigenvalue weighted by molar-refractivity contribution is 0.0541. The Bertz CT molecular complexity index is 1140. The van der Waals surface area contributed by atoms with Gasteiger partial charge in [0.15, 0.2) is 11.6 Å². The molecule has 0 spiro atoms. The van der Waals surface area contributed by atoms with Crippen LogP contribution in [0.2, 0.25) is 0 Å². The average molecular weight is 477 g/mol. The quantitative estimate of drug-likeness (QED) is 0.258. The largest absolute Gasteiger partial charge is 0.292 e. The summed E-state index contributed by atoms with van der Waals surface area (Å²) in [6.07, 6.45) is 0. The lowest BCUT2D eigenvalue weighted by Crippen LogP contribution is -2.56. The number of hydrogen-bond acceptors (Lipinski definition) is 4. The number of ketones is 2. The molecule has 0 aliphatic carbocycles. The Labute approximate surface area is 213 Å². The van der Waals surface area contributed by atoms with Crippen LogP contribution in [0.3, 0.4) is 0 Å². The third-order valence-electron chi connectivity index (χ3n) is 6.45. The van der Waals surface area contributed by atoms with E-state index < -0.39 is 12.1 Å². The molecular formula is C32H32N2O2. The zero-order valence-electron chi connectivity index (χ0n) is 20.8. The van der Waals surface area contributed by atoms with Crippen LogP contribution in [0, 0.1) is 0 Å². The Kier molecular flexibility index (Phi) is 8.56. The second kappa shape index (κ2) is 12.2. The Hall–Kier alpha value is -3.86. The van der Waals surface area contributed by atoms with Gasteiger partial charge in [0.1, 0.15) is 0 Å². The van der Waals surface area contributed by atoms with Gasteiger partial charge in [-0.05, 0) is 25.2 Å². The number of Topliss-reactive ketones (excluding diaryl/α,β-unsaturated/α-hetero) is 2. The van der Waals surface area contributed by atoms with Gasteiger partial charge in [-0.3, -0.25) is 19.4 Å². The first-order valence-corrected chi connectivity index (χ1v) is 12.2. The molecule has 0 N–H and O–H groups in total. The number of benzene rings is 4. The normalized spacial score (nSPS) is 12.9. The van der Waals surface area contributed by atoms with E-state index in [4.69, 9.17) is 0 Å². The van der Waals surface area contributed by atoms with E-state index in [0.717, 1.165) is 11.1 Å². The van der Waals surface area contributed by atoms with Gasteiger partial charge in [0.25, 0.3) is 0 Å². The van der Waals surface area contributed by atoms with Crippen molar-refractivity contribution >= 4 is 11.6 Å². The molecule has 0 radical (unpaired) electrons. The highest BCUT2D eigenvalue weighted by atomic mass is 16.1. The molecule has 0 aliphatic rings. The summed E-state index contributed by atoms with van der Waals surface area (Å²) < 4.78 is 0. The van der Waals surface area contributed by atoms with Crippen LogP contribution in [-0.4, -0.2) is 47.5 Å². The van der Waals surface area contributed by atoms with Gasteiger partial charge in [0.2, 0.25) is 0 Å². The molecule has 0 saturated heterocycles. The maximum Gasteiger partial charge on any atom is 0.182 e. The molecule has 4 heteroatoms. The smallest absolute Gasteiger partial charge is 0.182 e. The standard InChI is InChI=1S/C32H32N2O2/c1-33(23-25-15-7-3-8-16-25)29(31(35)27-19-11-5-12-20-27)30(32(36)28-21-13-6-14-22-28)34(2)24-26-17-9-4-10-18-26/h3-22,29-30H,23-24H2,1-2H3/t29-,30-/m1/s1. The predicted molar refractivity (Wildman–Crippen MR) is 145 cm³/mol.